The zero-order valence-corrected chi connectivity index (χ0v) is 14.7. The van der Waals surface area contributed by atoms with Gasteiger partial charge in [-0.15, -0.1) is 0 Å². The van der Waals surface area contributed by atoms with Crippen LogP contribution in [0.4, 0.5) is 11.9 Å². The number of rotatable bonds is 7. The van der Waals surface area contributed by atoms with Crippen LogP contribution in [0.1, 0.15) is 24.2 Å². The lowest BCUT2D eigenvalue weighted by Gasteiger charge is -2.11. The first-order chi connectivity index (χ1) is 12.5. The summed E-state index contributed by atoms with van der Waals surface area (Å²) < 4.78 is 5.61. The van der Waals surface area contributed by atoms with Gasteiger partial charge < -0.3 is 15.4 Å². The number of ether oxygens (including phenoxy) is 1. The van der Waals surface area contributed by atoms with Crippen molar-refractivity contribution < 1.29 is 4.74 Å². The van der Waals surface area contributed by atoms with Gasteiger partial charge >= 0.3 is 0 Å². The molecule has 0 bridgehead atoms. The molecule has 0 spiro atoms. The minimum Gasteiger partial charge on any atom is -0.494 e. The topological polar surface area (TPSA) is 125 Å². The minimum absolute atomic E-state index is 0.0504. The molecule has 0 aliphatic rings. The van der Waals surface area contributed by atoms with E-state index in [-0.39, 0.29) is 17.3 Å². The van der Waals surface area contributed by atoms with Gasteiger partial charge in [-0.3, -0.25) is 0 Å². The quantitative estimate of drug-likeness (QED) is 0.596. The van der Waals surface area contributed by atoms with Gasteiger partial charge in [0, 0.05) is 20.5 Å². The van der Waals surface area contributed by atoms with Gasteiger partial charge in [0.2, 0.25) is 11.9 Å². The van der Waals surface area contributed by atoms with E-state index in [9.17, 15) is 5.26 Å². The third kappa shape index (κ3) is 5.18. The smallest absolute Gasteiger partial charge is 0.230 e. The monoisotopic (exact) mass is 349 g/mol. The number of anilines is 2. The Morgan fingerprint density at radius 2 is 2.08 bits per heavy atom. The van der Waals surface area contributed by atoms with E-state index in [1.54, 1.807) is 31.1 Å². The highest BCUT2D eigenvalue weighted by Gasteiger charge is 2.11. The van der Waals surface area contributed by atoms with Crippen molar-refractivity contribution >= 4 is 23.5 Å². The van der Waals surface area contributed by atoms with E-state index in [1.807, 2.05) is 18.2 Å². The van der Waals surface area contributed by atoms with Gasteiger partial charge in [0.25, 0.3) is 0 Å². The Hall–Kier alpha value is -3.65. The molecule has 0 aliphatic carbocycles. The average molecular weight is 349 g/mol. The largest absolute Gasteiger partial charge is 0.494 e. The maximum atomic E-state index is 9.50. The second-order valence-electron chi connectivity index (χ2n) is 5.56. The summed E-state index contributed by atoms with van der Waals surface area (Å²) >= 11 is 0. The number of nitrogens with zero attached hydrogens (tertiary/aromatic N) is 6. The third-order valence-electron chi connectivity index (χ3n) is 3.27. The molecule has 26 heavy (non-hydrogen) atoms. The highest BCUT2D eigenvalue weighted by Crippen LogP contribution is 2.20. The number of aromatic nitrogens is 3. The van der Waals surface area contributed by atoms with Crippen LogP contribution in [0.5, 0.6) is 5.75 Å². The highest BCUT2D eigenvalue weighted by atomic mass is 16.5. The Morgan fingerprint density at radius 3 is 2.77 bits per heavy atom. The van der Waals surface area contributed by atoms with E-state index in [4.69, 9.17) is 15.7 Å². The van der Waals surface area contributed by atoms with Crippen molar-refractivity contribution in [2.45, 2.75) is 12.8 Å². The van der Waals surface area contributed by atoms with Crippen molar-refractivity contribution in [3.8, 4) is 17.9 Å². The summed E-state index contributed by atoms with van der Waals surface area (Å²) in [6.07, 6.45) is 2.78. The molecular formula is C18H19N7O. The predicted octanol–water partition coefficient (Wildman–Crippen LogP) is 2.27. The van der Waals surface area contributed by atoms with Crippen molar-refractivity contribution in [2.75, 3.05) is 31.3 Å². The maximum Gasteiger partial charge on any atom is 0.230 e. The first-order valence-corrected chi connectivity index (χ1v) is 7.94. The van der Waals surface area contributed by atoms with Crippen molar-refractivity contribution in [1.82, 2.24) is 15.0 Å². The standard InChI is InChI=1S/C18H19N7O/c1-25(2)18-23-16(22-17(21)24-18)14(12-20)10-13-6-5-7-15(11-13)26-9-4-3-8-19/h5-7,10-11H,3-4,9H2,1-2H3,(H2,21,22,23,24). The van der Waals surface area contributed by atoms with Crippen LogP contribution < -0.4 is 15.4 Å². The van der Waals surface area contributed by atoms with Gasteiger partial charge in [-0.1, -0.05) is 12.1 Å². The van der Waals surface area contributed by atoms with Crippen LogP contribution in [-0.4, -0.2) is 35.7 Å². The summed E-state index contributed by atoms with van der Waals surface area (Å²) in [5.74, 6) is 1.31. The molecule has 1 heterocycles. The Kier molecular flexibility index (Phi) is 6.47. The SMILES string of the molecule is CN(C)c1nc(N)nc(C(C#N)=Cc2cccc(OCCCC#N)c2)n1. The van der Waals surface area contributed by atoms with Gasteiger partial charge in [-0.2, -0.15) is 25.5 Å². The fourth-order valence-electron chi connectivity index (χ4n) is 2.05. The number of nitrogen functional groups attached to an aromatic ring is 1. The molecule has 1 aromatic heterocycles. The summed E-state index contributed by atoms with van der Waals surface area (Å²) in [5, 5.41) is 18.0. The number of hydrogen-bond acceptors (Lipinski definition) is 8. The summed E-state index contributed by atoms with van der Waals surface area (Å²) in [6, 6.07) is 11.5. The van der Waals surface area contributed by atoms with Crippen LogP contribution >= 0.6 is 0 Å². The van der Waals surface area contributed by atoms with E-state index < -0.39 is 0 Å². The van der Waals surface area contributed by atoms with Crippen LogP contribution in [0.25, 0.3) is 11.6 Å². The van der Waals surface area contributed by atoms with Crippen LogP contribution in [0, 0.1) is 22.7 Å². The Labute approximate surface area is 152 Å². The second kappa shape index (κ2) is 9.00. The lowest BCUT2D eigenvalue weighted by molar-refractivity contribution is 0.312. The van der Waals surface area contributed by atoms with E-state index in [0.717, 1.165) is 5.56 Å². The Bertz CT molecular complexity index is 878. The molecule has 2 N–H and O–H groups in total. The van der Waals surface area contributed by atoms with Gasteiger partial charge in [0.1, 0.15) is 11.8 Å². The van der Waals surface area contributed by atoms with Gasteiger partial charge in [-0.25, -0.2) is 0 Å². The van der Waals surface area contributed by atoms with Gasteiger partial charge in [0.05, 0.1) is 18.2 Å². The number of nitriles is 2. The molecular weight excluding hydrogens is 330 g/mol. The molecule has 132 valence electrons. The first kappa shape index (κ1) is 18.7. The molecule has 0 atom stereocenters. The lowest BCUT2D eigenvalue weighted by Crippen LogP contribution is -2.15. The van der Waals surface area contributed by atoms with E-state index in [1.165, 1.54) is 0 Å². The molecule has 0 fully saturated rings. The molecule has 8 nitrogen and oxygen atoms in total. The fourth-order valence-corrected chi connectivity index (χ4v) is 2.05. The number of hydrogen-bond donors (Lipinski definition) is 1. The number of unbranched alkanes of at least 4 members (excludes halogenated alkanes) is 1. The zero-order valence-electron chi connectivity index (χ0n) is 14.7. The molecule has 1 aromatic carbocycles. The summed E-state index contributed by atoms with van der Waals surface area (Å²) in [7, 11) is 3.56. The summed E-state index contributed by atoms with van der Waals surface area (Å²) in [5.41, 5.74) is 6.75. The summed E-state index contributed by atoms with van der Waals surface area (Å²) in [6.45, 7) is 0.460. The minimum atomic E-state index is 0.0504. The number of allylic oxidation sites excluding steroid dienone is 1. The van der Waals surface area contributed by atoms with Crippen molar-refractivity contribution in [1.29, 1.82) is 10.5 Å². The van der Waals surface area contributed by atoms with Crippen LogP contribution in [0.2, 0.25) is 0 Å². The molecule has 0 aliphatic heterocycles. The van der Waals surface area contributed by atoms with Crippen LogP contribution in [-0.2, 0) is 0 Å². The van der Waals surface area contributed by atoms with E-state index in [2.05, 4.69) is 27.1 Å². The predicted molar refractivity (Wildman–Crippen MR) is 98.8 cm³/mol. The summed E-state index contributed by atoms with van der Waals surface area (Å²) in [4.78, 5) is 14.0. The van der Waals surface area contributed by atoms with Crippen LogP contribution in [0.3, 0.4) is 0 Å². The maximum absolute atomic E-state index is 9.50. The Balaban J connectivity index is 2.27. The van der Waals surface area contributed by atoms with Gasteiger partial charge in [0.15, 0.2) is 5.82 Å². The second-order valence-corrected chi connectivity index (χ2v) is 5.56. The lowest BCUT2D eigenvalue weighted by atomic mass is 10.1. The van der Waals surface area contributed by atoms with Crippen molar-refractivity contribution in [3.63, 3.8) is 0 Å². The van der Waals surface area contributed by atoms with E-state index in [0.29, 0.717) is 31.1 Å². The highest BCUT2D eigenvalue weighted by molar-refractivity contribution is 5.87. The average Bonchev–Trinajstić information content (AvgIpc) is 2.63. The van der Waals surface area contributed by atoms with Gasteiger partial charge in [-0.05, 0) is 30.2 Å². The number of benzene rings is 1. The zero-order chi connectivity index (χ0) is 18.9. The molecule has 0 unspecified atom stereocenters. The van der Waals surface area contributed by atoms with Crippen molar-refractivity contribution in [2.24, 2.45) is 0 Å². The molecule has 0 radical (unpaired) electrons. The number of nitrogens with two attached hydrogens (primary N) is 1. The normalized spacial score (nSPS) is 10.7. The molecule has 2 rings (SSSR count). The Morgan fingerprint density at radius 1 is 1.27 bits per heavy atom. The van der Waals surface area contributed by atoms with E-state index >= 15 is 0 Å². The van der Waals surface area contributed by atoms with Crippen LogP contribution in [0.15, 0.2) is 24.3 Å². The first-order valence-electron chi connectivity index (χ1n) is 7.94. The molecule has 0 saturated heterocycles. The fraction of sp³-hybridized carbons (Fsp3) is 0.278. The third-order valence-corrected chi connectivity index (χ3v) is 3.27. The van der Waals surface area contributed by atoms with Crippen molar-refractivity contribution in [3.05, 3.63) is 35.7 Å². The molecule has 2 aromatic rings. The molecule has 8 heteroatoms. The molecule has 0 amide bonds. The molecule has 0 saturated carbocycles.